The summed E-state index contributed by atoms with van der Waals surface area (Å²) in [6.45, 7) is 6.56. The summed E-state index contributed by atoms with van der Waals surface area (Å²) >= 11 is 0. The third kappa shape index (κ3) is 62.2. The van der Waals surface area contributed by atoms with Gasteiger partial charge in [-0.2, -0.15) is 0 Å². The van der Waals surface area contributed by atoms with E-state index >= 15 is 0 Å². The van der Waals surface area contributed by atoms with Gasteiger partial charge in [-0.25, -0.2) is 0 Å². The van der Waals surface area contributed by atoms with Gasteiger partial charge in [-0.15, -0.1) is 0 Å². The van der Waals surface area contributed by atoms with Crippen LogP contribution in [0.15, 0.2) is 48.6 Å². The number of unbranched alkanes of at least 4 members (excludes halogenated alkanes) is 43. The SMILES string of the molecule is CC/C=C\C/C=C\C/C=C\C/C=C\CCCCCCCCCCCCCCCCC(=O)OCC(COC(=O)CCCCCCCCCC)OC(=O)CCCCCCCCCCCCCCCCCCCCCCCCC. The molecule has 0 aromatic carbocycles. The predicted molar refractivity (Wildman–Crippen MR) is 330 cm³/mol. The van der Waals surface area contributed by atoms with E-state index in [1.807, 2.05) is 0 Å². The number of hydrogen-bond donors (Lipinski definition) is 0. The summed E-state index contributed by atoms with van der Waals surface area (Å²) in [6.07, 6.45) is 81.5. The summed E-state index contributed by atoms with van der Waals surface area (Å²) in [5.41, 5.74) is 0. The smallest absolute Gasteiger partial charge is 0.306 e. The molecular formula is C70H128O6. The number of allylic oxidation sites excluding steroid dienone is 8. The van der Waals surface area contributed by atoms with Gasteiger partial charge in [0.05, 0.1) is 0 Å². The highest BCUT2D eigenvalue weighted by atomic mass is 16.6. The van der Waals surface area contributed by atoms with E-state index in [-0.39, 0.29) is 31.1 Å². The maximum absolute atomic E-state index is 12.9. The highest BCUT2D eigenvalue weighted by Gasteiger charge is 2.19. The van der Waals surface area contributed by atoms with E-state index in [4.69, 9.17) is 14.2 Å². The van der Waals surface area contributed by atoms with Gasteiger partial charge >= 0.3 is 17.9 Å². The molecule has 6 heteroatoms. The first-order chi connectivity index (χ1) is 37.5. The quantitative estimate of drug-likeness (QED) is 0.0261. The highest BCUT2D eigenvalue weighted by molar-refractivity contribution is 5.71. The maximum Gasteiger partial charge on any atom is 0.306 e. The fourth-order valence-corrected chi connectivity index (χ4v) is 10.1. The van der Waals surface area contributed by atoms with E-state index < -0.39 is 6.10 Å². The molecule has 0 N–H and O–H groups in total. The molecule has 0 saturated carbocycles. The Balaban J connectivity index is 4.09. The van der Waals surface area contributed by atoms with Crippen LogP contribution in [0.3, 0.4) is 0 Å². The third-order valence-corrected chi connectivity index (χ3v) is 15.1. The molecule has 0 fully saturated rings. The summed E-state index contributed by atoms with van der Waals surface area (Å²) < 4.78 is 16.9. The van der Waals surface area contributed by atoms with Gasteiger partial charge in [0.1, 0.15) is 13.2 Å². The van der Waals surface area contributed by atoms with Crippen LogP contribution in [-0.2, 0) is 28.6 Å². The van der Waals surface area contributed by atoms with Gasteiger partial charge in [-0.1, -0.05) is 333 Å². The Morgan fingerprint density at radius 2 is 0.513 bits per heavy atom. The minimum Gasteiger partial charge on any atom is -0.462 e. The monoisotopic (exact) mass is 1060 g/mol. The average molecular weight is 1070 g/mol. The molecule has 0 aliphatic carbocycles. The number of rotatable bonds is 62. The zero-order valence-corrected chi connectivity index (χ0v) is 51.0. The van der Waals surface area contributed by atoms with Crippen LogP contribution >= 0.6 is 0 Å². The molecule has 0 aliphatic rings. The Labute approximate surface area is 473 Å². The van der Waals surface area contributed by atoms with E-state index in [9.17, 15) is 14.4 Å². The van der Waals surface area contributed by atoms with Crippen LogP contribution in [-0.4, -0.2) is 37.2 Å². The van der Waals surface area contributed by atoms with Gasteiger partial charge in [0.15, 0.2) is 6.10 Å². The first-order valence-electron chi connectivity index (χ1n) is 33.6. The van der Waals surface area contributed by atoms with Crippen LogP contribution in [0.25, 0.3) is 0 Å². The zero-order chi connectivity index (χ0) is 55.0. The van der Waals surface area contributed by atoms with Crippen molar-refractivity contribution in [3.05, 3.63) is 48.6 Å². The minimum absolute atomic E-state index is 0.0674. The van der Waals surface area contributed by atoms with Crippen LogP contribution in [0.2, 0.25) is 0 Å². The van der Waals surface area contributed by atoms with Crippen molar-refractivity contribution in [2.45, 2.75) is 367 Å². The molecule has 1 unspecified atom stereocenters. The van der Waals surface area contributed by atoms with Crippen LogP contribution in [0.4, 0.5) is 0 Å². The Bertz CT molecular complexity index is 1310. The van der Waals surface area contributed by atoms with Crippen LogP contribution in [0.5, 0.6) is 0 Å². The molecule has 76 heavy (non-hydrogen) atoms. The number of esters is 3. The summed E-state index contributed by atoms with van der Waals surface area (Å²) in [6, 6.07) is 0. The molecule has 0 spiro atoms. The largest absolute Gasteiger partial charge is 0.462 e. The van der Waals surface area contributed by atoms with E-state index in [1.54, 1.807) is 0 Å². The molecule has 0 aromatic rings. The van der Waals surface area contributed by atoms with Gasteiger partial charge in [-0.3, -0.25) is 14.4 Å². The molecule has 444 valence electrons. The number of carbonyl (C=O) groups excluding carboxylic acids is 3. The molecule has 6 nitrogen and oxygen atoms in total. The number of ether oxygens (including phenoxy) is 3. The summed E-state index contributed by atoms with van der Waals surface area (Å²) in [5, 5.41) is 0. The second-order valence-corrected chi connectivity index (χ2v) is 22.7. The summed E-state index contributed by atoms with van der Waals surface area (Å²) in [4.78, 5) is 38.2. The van der Waals surface area contributed by atoms with Crippen molar-refractivity contribution < 1.29 is 28.6 Å². The lowest BCUT2D eigenvalue weighted by Gasteiger charge is -2.18. The third-order valence-electron chi connectivity index (χ3n) is 15.1. The summed E-state index contributed by atoms with van der Waals surface area (Å²) in [7, 11) is 0. The maximum atomic E-state index is 12.9. The lowest BCUT2D eigenvalue weighted by molar-refractivity contribution is -0.167. The van der Waals surface area contributed by atoms with Crippen molar-refractivity contribution in [1.82, 2.24) is 0 Å². The van der Waals surface area contributed by atoms with E-state index in [0.717, 1.165) is 83.5 Å². The highest BCUT2D eigenvalue weighted by Crippen LogP contribution is 2.18. The Kier molecular flexibility index (Phi) is 62.6. The molecule has 0 aliphatic heterocycles. The van der Waals surface area contributed by atoms with Crippen molar-refractivity contribution >= 4 is 17.9 Å². The Morgan fingerprint density at radius 1 is 0.276 bits per heavy atom. The second kappa shape index (κ2) is 64.9. The molecule has 0 radical (unpaired) electrons. The Hall–Kier alpha value is -2.63. The Morgan fingerprint density at radius 3 is 0.803 bits per heavy atom. The minimum atomic E-state index is -0.768. The van der Waals surface area contributed by atoms with E-state index in [2.05, 4.69) is 69.4 Å². The van der Waals surface area contributed by atoms with Gasteiger partial charge < -0.3 is 14.2 Å². The molecule has 0 aromatic heterocycles. The molecular weight excluding hydrogens is 937 g/mol. The lowest BCUT2D eigenvalue weighted by Crippen LogP contribution is -2.30. The average Bonchev–Trinajstić information content (AvgIpc) is 3.42. The number of hydrogen-bond acceptors (Lipinski definition) is 6. The molecule has 0 saturated heterocycles. The summed E-state index contributed by atoms with van der Waals surface area (Å²) in [5.74, 6) is -0.848. The lowest BCUT2D eigenvalue weighted by atomic mass is 10.0. The first kappa shape index (κ1) is 73.4. The normalized spacial score (nSPS) is 12.3. The van der Waals surface area contributed by atoms with E-state index in [1.165, 1.54) is 238 Å². The van der Waals surface area contributed by atoms with Crippen molar-refractivity contribution in [2.75, 3.05) is 13.2 Å². The fraction of sp³-hybridized carbons (Fsp3) is 0.843. The molecule has 0 rings (SSSR count). The molecule has 0 bridgehead atoms. The number of carbonyl (C=O) groups is 3. The second-order valence-electron chi connectivity index (χ2n) is 22.7. The van der Waals surface area contributed by atoms with Gasteiger partial charge in [0.25, 0.3) is 0 Å². The fourth-order valence-electron chi connectivity index (χ4n) is 10.1. The van der Waals surface area contributed by atoms with E-state index in [0.29, 0.717) is 19.3 Å². The topological polar surface area (TPSA) is 78.9 Å². The van der Waals surface area contributed by atoms with Gasteiger partial charge in [-0.05, 0) is 57.8 Å². The first-order valence-corrected chi connectivity index (χ1v) is 33.6. The van der Waals surface area contributed by atoms with Crippen LogP contribution in [0, 0.1) is 0 Å². The van der Waals surface area contributed by atoms with Gasteiger partial charge in [0.2, 0.25) is 0 Å². The molecule has 0 amide bonds. The van der Waals surface area contributed by atoms with Crippen LogP contribution in [0.1, 0.15) is 361 Å². The van der Waals surface area contributed by atoms with Crippen molar-refractivity contribution in [3.63, 3.8) is 0 Å². The van der Waals surface area contributed by atoms with Crippen molar-refractivity contribution in [1.29, 1.82) is 0 Å². The van der Waals surface area contributed by atoms with Crippen molar-refractivity contribution in [3.8, 4) is 0 Å². The standard InChI is InChI=1S/C70H128O6/c1-4-7-10-13-16-19-21-23-25-27-29-31-33-34-35-36-38-39-41-43-45-47-49-51-54-57-60-63-69(72)75-66-67(65-74-68(71)62-59-56-53-18-15-12-9-6-3)76-70(73)64-61-58-55-52-50-48-46-44-42-40-37-32-30-28-26-24-22-20-17-14-11-8-5-2/h7,10,16,19,23,25,29,31,67H,4-6,8-9,11-15,17-18,20-22,24,26-28,30,32-66H2,1-3H3/b10-7-,19-16-,25-23-,31-29-. The zero-order valence-electron chi connectivity index (χ0n) is 51.0. The molecule has 1 atom stereocenters. The predicted octanol–water partition coefficient (Wildman–Crippen LogP) is 22.9. The van der Waals surface area contributed by atoms with Crippen LogP contribution < -0.4 is 0 Å². The van der Waals surface area contributed by atoms with Crippen molar-refractivity contribution in [2.24, 2.45) is 0 Å². The molecule has 0 heterocycles. The van der Waals surface area contributed by atoms with Gasteiger partial charge in [0, 0.05) is 19.3 Å².